The van der Waals surface area contributed by atoms with Gasteiger partial charge in [-0.05, 0) is 12.1 Å². The van der Waals surface area contributed by atoms with Gasteiger partial charge in [-0.15, -0.1) is 0 Å². The molecular weight excluding hydrogens is 219 g/mol. The van der Waals surface area contributed by atoms with Gasteiger partial charge in [0.25, 0.3) is 5.69 Å². The molecule has 15 heavy (non-hydrogen) atoms. The standard InChI is InChI=1S/C6H6N2O5S.Li/c7-5-2-1-4(14(11,12)13)3-6(5)8(9)10;/h1-3H,7H2,(H,11,12,13);/q;+1/p-1. The third kappa shape index (κ3) is 3.21. The molecule has 0 fully saturated rings. The van der Waals surface area contributed by atoms with E-state index in [1.807, 2.05) is 0 Å². The molecule has 0 aliphatic carbocycles. The summed E-state index contributed by atoms with van der Waals surface area (Å²) in [6.45, 7) is 0. The molecule has 0 spiro atoms. The van der Waals surface area contributed by atoms with Crippen molar-refractivity contribution in [1.82, 2.24) is 0 Å². The fourth-order valence-corrected chi connectivity index (χ4v) is 1.33. The molecule has 0 aliphatic rings. The quantitative estimate of drug-likeness (QED) is 0.188. The maximum atomic E-state index is 10.5. The predicted octanol–water partition coefficient (Wildman–Crippen LogP) is -2.91. The van der Waals surface area contributed by atoms with Crippen LogP contribution < -0.4 is 24.6 Å². The van der Waals surface area contributed by atoms with Crippen molar-refractivity contribution in [2.24, 2.45) is 0 Å². The average Bonchev–Trinajstić information content (AvgIpc) is 2.02. The van der Waals surface area contributed by atoms with Crippen molar-refractivity contribution in [2.75, 3.05) is 5.73 Å². The predicted molar refractivity (Wildman–Crippen MR) is 45.5 cm³/mol. The Hall–Kier alpha value is -1.07. The van der Waals surface area contributed by atoms with Crippen molar-refractivity contribution in [3.63, 3.8) is 0 Å². The van der Waals surface area contributed by atoms with E-state index in [1.54, 1.807) is 0 Å². The maximum Gasteiger partial charge on any atom is 1.00 e. The molecule has 0 amide bonds. The summed E-state index contributed by atoms with van der Waals surface area (Å²) in [5.41, 5.74) is 4.41. The summed E-state index contributed by atoms with van der Waals surface area (Å²) in [5.74, 6) is 0. The second kappa shape index (κ2) is 4.63. The van der Waals surface area contributed by atoms with E-state index in [9.17, 15) is 23.1 Å². The van der Waals surface area contributed by atoms with E-state index in [4.69, 9.17) is 5.73 Å². The van der Waals surface area contributed by atoms with Gasteiger partial charge in [0.2, 0.25) is 0 Å². The van der Waals surface area contributed by atoms with Crippen LogP contribution in [0.5, 0.6) is 0 Å². The SMILES string of the molecule is Nc1ccc(S(=O)(=O)[O-])cc1[N+](=O)[O-].[Li+]. The molecule has 0 heterocycles. The summed E-state index contributed by atoms with van der Waals surface area (Å²) >= 11 is 0. The normalized spacial score (nSPS) is 10.5. The number of nitro benzene ring substituents is 1. The van der Waals surface area contributed by atoms with Crippen molar-refractivity contribution in [2.45, 2.75) is 4.90 Å². The van der Waals surface area contributed by atoms with Crippen LogP contribution in [0.2, 0.25) is 0 Å². The number of nitro groups is 1. The maximum absolute atomic E-state index is 10.5. The molecule has 0 saturated heterocycles. The van der Waals surface area contributed by atoms with Crippen LogP contribution in [0.25, 0.3) is 0 Å². The van der Waals surface area contributed by atoms with E-state index in [-0.39, 0.29) is 24.5 Å². The number of anilines is 1. The van der Waals surface area contributed by atoms with Gasteiger partial charge in [-0.1, -0.05) is 0 Å². The molecule has 7 nitrogen and oxygen atoms in total. The van der Waals surface area contributed by atoms with Crippen LogP contribution in [0.1, 0.15) is 0 Å². The van der Waals surface area contributed by atoms with Crippen LogP contribution in [-0.4, -0.2) is 17.9 Å². The minimum Gasteiger partial charge on any atom is -0.744 e. The van der Waals surface area contributed by atoms with Gasteiger partial charge in [-0.25, -0.2) is 8.42 Å². The van der Waals surface area contributed by atoms with E-state index in [2.05, 4.69) is 0 Å². The van der Waals surface area contributed by atoms with E-state index >= 15 is 0 Å². The molecule has 2 N–H and O–H groups in total. The Morgan fingerprint density at radius 2 is 1.87 bits per heavy atom. The molecule has 0 unspecified atom stereocenters. The monoisotopic (exact) mass is 224 g/mol. The molecule has 0 aliphatic heterocycles. The minimum absolute atomic E-state index is 0. The van der Waals surface area contributed by atoms with E-state index in [0.29, 0.717) is 6.07 Å². The number of hydrogen-bond donors (Lipinski definition) is 1. The molecule has 0 radical (unpaired) electrons. The van der Waals surface area contributed by atoms with Crippen LogP contribution in [0.4, 0.5) is 11.4 Å². The zero-order valence-corrected chi connectivity index (χ0v) is 8.52. The number of benzene rings is 1. The van der Waals surface area contributed by atoms with E-state index < -0.39 is 25.6 Å². The Bertz CT molecular complexity index is 486. The van der Waals surface area contributed by atoms with Crippen molar-refractivity contribution in [1.29, 1.82) is 0 Å². The van der Waals surface area contributed by atoms with Gasteiger partial charge in [0.05, 0.1) is 9.82 Å². The van der Waals surface area contributed by atoms with Crippen molar-refractivity contribution < 1.29 is 36.8 Å². The van der Waals surface area contributed by atoms with Crippen molar-refractivity contribution in [3.8, 4) is 0 Å². The van der Waals surface area contributed by atoms with Gasteiger partial charge >= 0.3 is 18.9 Å². The zero-order chi connectivity index (χ0) is 10.9. The average molecular weight is 224 g/mol. The molecule has 0 aromatic heterocycles. The van der Waals surface area contributed by atoms with Gasteiger partial charge in [0, 0.05) is 6.07 Å². The fourth-order valence-electron chi connectivity index (χ4n) is 0.837. The first-order valence-corrected chi connectivity index (χ1v) is 4.73. The van der Waals surface area contributed by atoms with Gasteiger partial charge in [0.1, 0.15) is 15.8 Å². The first kappa shape index (κ1) is 13.9. The smallest absolute Gasteiger partial charge is 0.744 e. The van der Waals surface area contributed by atoms with Crippen LogP contribution in [-0.2, 0) is 10.1 Å². The third-order valence-corrected chi connectivity index (χ3v) is 2.32. The molecule has 0 atom stereocenters. The third-order valence-electron chi connectivity index (χ3n) is 1.49. The summed E-state index contributed by atoms with van der Waals surface area (Å²) in [6.07, 6.45) is 0. The van der Waals surface area contributed by atoms with Crippen molar-refractivity contribution in [3.05, 3.63) is 28.3 Å². The minimum atomic E-state index is -4.69. The summed E-state index contributed by atoms with van der Waals surface area (Å²) in [6, 6.07) is 2.56. The largest absolute Gasteiger partial charge is 1.00 e. The van der Waals surface area contributed by atoms with Gasteiger partial charge in [-0.3, -0.25) is 10.1 Å². The number of hydrogen-bond acceptors (Lipinski definition) is 6. The molecule has 1 aromatic carbocycles. The van der Waals surface area contributed by atoms with Gasteiger partial charge in [-0.2, -0.15) is 0 Å². The van der Waals surface area contributed by atoms with Gasteiger partial charge < -0.3 is 10.3 Å². The summed E-state index contributed by atoms with van der Waals surface area (Å²) in [4.78, 5) is 8.80. The number of nitrogens with zero attached hydrogens (tertiary/aromatic N) is 1. The second-order valence-electron chi connectivity index (χ2n) is 2.43. The molecule has 1 aromatic rings. The Morgan fingerprint density at radius 3 is 2.27 bits per heavy atom. The molecule has 76 valence electrons. The Balaban J connectivity index is 0.00000196. The molecule has 0 bridgehead atoms. The van der Waals surface area contributed by atoms with Crippen LogP contribution in [0.3, 0.4) is 0 Å². The topological polar surface area (TPSA) is 126 Å². The molecule has 9 heteroatoms. The Morgan fingerprint density at radius 1 is 1.33 bits per heavy atom. The Labute approximate surface area is 97.4 Å². The molecular formula is C6H5LiN2O5S. The number of nitrogens with two attached hydrogens (primary N) is 1. The Kier molecular flexibility index (Phi) is 4.30. The summed E-state index contributed by atoms with van der Waals surface area (Å²) in [5, 5.41) is 10.3. The fraction of sp³-hybridized carbons (Fsp3) is 0. The second-order valence-corrected chi connectivity index (χ2v) is 3.81. The molecule has 1 rings (SSSR count). The van der Waals surface area contributed by atoms with Gasteiger partial charge in [0.15, 0.2) is 0 Å². The van der Waals surface area contributed by atoms with Crippen LogP contribution in [0, 0.1) is 10.1 Å². The summed E-state index contributed by atoms with van der Waals surface area (Å²) < 4.78 is 31.5. The number of rotatable bonds is 2. The van der Waals surface area contributed by atoms with Crippen LogP contribution >= 0.6 is 0 Å². The first-order chi connectivity index (χ1) is 6.32. The van der Waals surface area contributed by atoms with E-state index in [1.165, 1.54) is 0 Å². The summed E-state index contributed by atoms with van der Waals surface area (Å²) in [7, 11) is -4.69. The number of nitrogen functional groups attached to an aromatic ring is 1. The van der Waals surface area contributed by atoms with Crippen LogP contribution in [0.15, 0.2) is 23.1 Å². The first-order valence-electron chi connectivity index (χ1n) is 3.32. The molecule has 0 saturated carbocycles. The van der Waals surface area contributed by atoms with Crippen molar-refractivity contribution >= 4 is 21.5 Å². The zero-order valence-electron chi connectivity index (χ0n) is 7.71. The van der Waals surface area contributed by atoms with E-state index in [0.717, 1.165) is 12.1 Å².